The summed E-state index contributed by atoms with van der Waals surface area (Å²) in [5, 5.41) is 0. The lowest BCUT2D eigenvalue weighted by atomic mass is 10.1. The molecule has 1 aliphatic rings. The molecule has 0 aliphatic carbocycles. The van der Waals surface area contributed by atoms with Gasteiger partial charge in [-0.05, 0) is 18.1 Å². The van der Waals surface area contributed by atoms with Crippen LogP contribution in [0.2, 0.25) is 0 Å². The van der Waals surface area contributed by atoms with Crippen molar-refractivity contribution in [2.45, 2.75) is 19.1 Å². The Morgan fingerprint density at radius 3 is 3.08 bits per heavy atom. The molecule has 2 rings (SSSR count). The molecule has 0 saturated carbocycles. The molecule has 12 heavy (non-hydrogen) atoms. The van der Waals surface area contributed by atoms with Crippen LogP contribution in [-0.4, -0.2) is 6.23 Å². The van der Waals surface area contributed by atoms with Crippen LogP contribution in [0.25, 0.3) is 4.85 Å². The third-order valence-electron chi connectivity index (χ3n) is 2.04. The largest absolute Gasteiger partial charge is 0.423 e. The normalized spacial score (nSPS) is 20.4. The molecule has 0 radical (unpaired) electrons. The minimum Gasteiger partial charge on any atom is -0.423 e. The molecule has 1 atom stereocenters. The van der Waals surface area contributed by atoms with Crippen LogP contribution in [-0.2, 0) is 6.42 Å². The first-order valence-corrected chi connectivity index (χ1v) is 4.01. The number of hydrogen-bond acceptors (Lipinski definition) is 1. The highest BCUT2D eigenvalue weighted by Crippen LogP contribution is 2.27. The van der Waals surface area contributed by atoms with E-state index in [-0.39, 0.29) is 6.23 Å². The average molecular weight is 159 g/mol. The van der Waals surface area contributed by atoms with Gasteiger partial charge in [0.05, 0.1) is 6.42 Å². The summed E-state index contributed by atoms with van der Waals surface area (Å²) < 4.78 is 5.43. The minimum atomic E-state index is -0.264. The van der Waals surface area contributed by atoms with E-state index in [9.17, 15) is 0 Å². The van der Waals surface area contributed by atoms with Gasteiger partial charge in [-0.3, -0.25) is 4.85 Å². The van der Waals surface area contributed by atoms with E-state index < -0.39 is 0 Å². The maximum absolute atomic E-state index is 6.84. The zero-order valence-electron chi connectivity index (χ0n) is 6.66. The van der Waals surface area contributed by atoms with E-state index >= 15 is 0 Å². The number of fused-ring (bicyclic) bond motifs is 1. The molecule has 0 spiro atoms. The summed E-state index contributed by atoms with van der Waals surface area (Å²) in [4.78, 5) is 3.37. The monoisotopic (exact) mass is 159 g/mol. The van der Waals surface area contributed by atoms with E-state index in [1.807, 2.05) is 18.2 Å². The summed E-state index contributed by atoms with van der Waals surface area (Å²) in [5.74, 6) is 0.879. The molecule has 0 bridgehead atoms. The van der Waals surface area contributed by atoms with Crippen molar-refractivity contribution in [2.75, 3.05) is 0 Å². The zero-order chi connectivity index (χ0) is 8.39. The van der Waals surface area contributed by atoms with Gasteiger partial charge in [0.1, 0.15) is 5.75 Å². The second-order valence-electron chi connectivity index (χ2n) is 2.85. The van der Waals surface area contributed by atoms with Crippen LogP contribution in [0.15, 0.2) is 24.3 Å². The Morgan fingerprint density at radius 2 is 2.25 bits per heavy atom. The van der Waals surface area contributed by atoms with Crippen molar-refractivity contribution < 1.29 is 4.74 Å². The molecule has 0 fully saturated rings. The number of aryl methyl sites for hydroxylation is 1. The van der Waals surface area contributed by atoms with Gasteiger partial charge < -0.3 is 4.74 Å². The first kappa shape index (κ1) is 7.17. The fourth-order valence-electron chi connectivity index (χ4n) is 1.40. The van der Waals surface area contributed by atoms with Gasteiger partial charge in [0.15, 0.2) is 0 Å². The Labute approximate surface area is 71.6 Å². The Hall–Kier alpha value is -1.49. The molecular weight excluding hydrogens is 150 g/mol. The maximum atomic E-state index is 6.84. The summed E-state index contributed by atoms with van der Waals surface area (Å²) in [6.45, 7) is 6.84. The molecule has 0 aromatic heterocycles. The molecule has 1 aromatic rings. The van der Waals surface area contributed by atoms with Crippen LogP contribution in [0.5, 0.6) is 5.75 Å². The highest BCUT2D eigenvalue weighted by Gasteiger charge is 2.21. The van der Waals surface area contributed by atoms with Crippen molar-refractivity contribution in [3.8, 4) is 5.75 Å². The van der Waals surface area contributed by atoms with Crippen LogP contribution in [0.1, 0.15) is 12.0 Å². The third-order valence-corrected chi connectivity index (χ3v) is 2.04. The Balaban J connectivity index is 2.30. The van der Waals surface area contributed by atoms with Crippen molar-refractivity contribution in [3.05, 3.63) is 41.2 Å². The molecule has 0 amide bonds. The highest BCUT2D eigenvalue weighted by molar-refractivity contribution is 5.35. The molecule has 2 nitrogen and oxygen atoms in total. The van der Waals surface area contributed by atoms with Crippen LogP contribution >= 0.6 is 0 Å². The first-order valence-electron chi connectivity index (χ1n) is 4.01. The van der Waals surface area contributed by atoms with E-state index in [0.29, 0.717) is 0 Å². The van der Waals surface area contributed by atoms with E-state index in [2.05, 4.69) is 10.9 Å². The molecule has 1 aromatic carbocycles. The SMILES string of the molecule is [C-]#[N+]C1CCc2ccccc2O1. The summed E-state index contributed by atoms with van der Waals surface area (Å²) in [6, 6.07) is 7.91. The fraction of sp³-hybridized carbons (Fsp3) is 0.300. The zero-order valence-corrected chi connectivity index (χ0v) is 6.66. The summed E-state index contributed by atoms with van der Waals surface area (Å²) in [7, 11) is 0. The molecule has 1 heterocycles. The smallest absolute Gasteiger partial charge is 0.366 e. The average Bonchev–Trinajstić information content (AvgIpc) is 2.17. The van der Waals surface area contributed by atoms with Gasteiger partial charge in [0.25, 0.3) is 0 Å². The standard InChI is InChI=1S/C10H9NO/c1-11-10-7-6-8-4-2-3-5-9(8)12-10/h2-5,10H,6-7H2. The van der Waals surface area contributed by atoms with Gasteiger partial charge >= 0.3 is 6.23 Å². The highest BCUT2D eigenvalue weighted by atomic mass is 16.5. The summed E-state index contributed by atoms with van der Waals surface area (Å²) in [5.41, 5.74) is 1.22. The Kier molecular flexibility index (Phi) is 1.71. The molecular formula is C10H9NO. The number of para-hydroxylation sites is 1. The van der Waals surface area contributed by atoms with Crippen LogP contribution < -0.4 is 4.74 Å². The van der Waals surface area contributed by atoms with Crippen LogP contribution in [0.3, 0.4) is 0 Å². The number of benzene rings is 1. The van der Waals surface area contributed by atoms with Crippen molar-refractivity contribution in [3.63, 3.8) is 0 Å². The number of hydrogen-bond donors (Lipinski definition) is 0. The third kappa shape index (κ3) is 1.14. The summed E-state index contributed by atoms with van der Waals surface area (Å²) >= 11 is 0. The van der Waals surface area contributed by atoms with Gasteiger partial charge in [-0.1, -0.05) is 18.2 Å². The fourth-order valence-corrected chi connectivity index (χ4v) is 1.40. The van der Waals surface area contributed by atoms with Gasteiger partial charge in [0, 0.05) is 0 Å². The van der Waals surface area contributed by atoms with E-state index in [1.54, 1.807) is 0 Å². The second-order valence-corrected chi connectivity index (χ2v) is 2.85. The second kappa shape index (κ2) is 2.86. The van der Waals surface area contributed by atoms with Crippen LogP contribution in [0.4, 0.5) is 0 Å². The number of ether oxygens (including phenoxy) is 1. The first-order chi connectivity index (χ1) is 5.90. The lowest BCUT2D eigenvalue weighted by molar-refractivity contribution is 0.216. The van der Waals surface area contributed by atoms with Crippen molar-refractivity contribution >= 4 is 0 Å². The quantitative estimate of drug-likeness (QED) is 0.529. The Bertz CT molecular complexity index is 327. The number of rotatable bonds is 0. The maximum Gasteiger partial charge on any atom is 0.366 e. The van der Waals surface area contributed by atoms with E-state index in [4.69, 9.17) is 11.3 Å². The summed E-state index contributed by atoms with van der Waals surface area (Å²) in [6.07, 6.45) is 1.52. The van der Waals surface area contributed by atoms with Crippen LogP contribution in [0, 0.1) is 6.57 Å². The molecule has 2 heteroatoms. The van der Waals surface area contributed by atoms with E-state index in [1.165, 1.54) is 5.56 Å². The molecule has 60 valence electrons. The van der Waals surface area contributed by atoms with Gasteiger partial charge in [-0.15, -0.1) is 0 Å². The lowest BCUT2D eigenvalue weighted by Crippen LogP contribution is -2.18. The van der Waals surface area contributed by atoms with E-state index in [0.717, 1.165) is 18.6 Å². The molecule has 0 saturated heterocycles. The Morgan fingerprint density at radius 1 is 1.42 bits per heavy atom. The van der Waals surface area contributed by atoms with Gasteiger partial charge in [0.2, 0.25) is 0 Å². The topological polar surface area (TPSA) is 13.6 Å². The molecule has 1 aliphatic heterocycles. The van der Waals surface area contributed by atoms with Crippen molar-refractivity contribution in [1.29, 1.82) is 0 Å². The number of nitrogens with zero attached hydrogens (tertiary/aromatic N) is 1. The van der Waals surface area contributed by atoms with Crippen molar-refractivity contribution in [1.82, 2.24) is 0 Å². The van der Waals surface area contributed by atoms with Gasteiger partial charge in [-0.2, -0.15) is 0 Å². The van der Waals surface area contributed by atoms with Crippen molar-refractivity contribution in [2.24, 2.45) is 0 Å². The van der Waals surface area contributed by atoms with Gasteiger partial charge in [-0.25, -0.2) is 6.57 Å². The lowest BCUT2D eigenvalue weighted by Gasteiger charge is -2.17. The predicted molar refractivity (Wildman–Crippen MR) is 45.8 cm³/mol. The minimum absolute atomic E-state index is 0.264. The molecule has 1 unspecified atom stereocenters. The predicted octanol–water partition coefficient (Wildman–Crippen LogP) is 2.26. The molecule has 0 N–H and O–H groups in total.